The average Bonchev–Trinajstić information content (AvgIpc) is 3.32. The topological polar surface area (TPSA) is 75.5 Å². The van der Waals surface area contributed by atoms with Gasteiger partial charge >= 0.3 is 0 Å². The number of morpholine rings is 1. The molecule has 0 radical (unpaired) electrons. The maximum atomic E-state index is 15.4. The highest BCUT2D eigenvalue weighted by molar-refractivity contribution is 7.15. The van der Waals surface area contributed by atoms with Crippen molar-refractivity contribution in [3.05, 3.63) is 68.3 Å². The van der Waals surface area contributed by atoms with E-state index in [9.17, 15) is 4.79 Å². The van der Waals surface area contributed by atoms with Crippen LogP contribution in [0.4, 0.5) is 15.9 Å². The van der Waals surface area contributed by atoms with Gasteiger partial charge in [0.1, 0.15) is 28.8 Å². The molecular weight excluding hydrogens is 515 g/mol. The number of ether oxygens (including phenoxy) is 1. The van der Waals surface area contributed by atoms with E-state index >= 15 is 4.39 Å². The molecule has 1 N–H and O–H groups in total. The normalized spacial score (nSPS) is 16.9. The fourth-order valence-electron chi connectivity index (χ4n) is 5.59. The Hall–Kier alpha value is -3.34. The molecule has 1 aromatic carbocycles. The molecule has 2 aliphatic rings. The third-order valence-corrected chi connectivity index (χ3v) is 9.03. The van der Waals surface area contributed by atoms with Crippen molar-refractivity contribution in [3.8, 4) is 10.4 Å². The van der Waals surface area contributed by atoms with Gasteiger partial charge in [-0.05, 0) is 56.1 Å². The summed E-state index contributed by atoms with van der Waals surface area (Å²) in [5, 5.41) is 4.18. The van der Waals surface area contributed by atoms with Crippen LogP contribution in [0.2, 0.25) is 0 Å². The first kappa shape index (κ1) is 25.9. The number of anilines is 2. The lowest BCUT2D eigenvalue weighted by molar-refractivity contribution is 0.122. The van der Waals surface area contributed by atoms with Gasteiger partial charge in [-0.2, -0.15) is 0 Å². The van der Waals surface area contributed by atoms with Crippen molar-refractivity contribution in [2.24, 2.45) is 7.05 Å². The van der Waals surface area contributed by atoms with Crippen molar-refractivity contribution < 1.29 is 9.13 Å². The zero-order chi connectivity index (χ0) is 27.3. The van der Waals surface area contributed by atoms with E-state index < -0.39 is 0 Å². The number of rotatable bonds is 5. The minimum Gasteiger partial charge on any atom is -0.378 e. The smallest absolute Gasteiger partial charge is 0.275 e. The summed E-state index contributed by atoms with van der Waals surface area (Å²) in [6, 6.07) is 9.53. The van der Waals surface area contributed by atoms with E-state index in [1.165, 1.54) is 22.5 Å². The molecule has 6 rings (SSSR count). The molecule has 0 unspecified atom stereocenters. The number of nitrogens with zero attached hydrogens (tertiary/aromatic N) is 5. The average molecular weight is 549 g/mol. The summed E-state index contributed by atoms with van der Waals surface area (Å²) in [6.45, 7) is 8.10. The summed E-state index contributed by atoms with van der Waals surface area (Å²) in [5.41, 5.74) is 4.78. The van der Waals surface area contributed by atoms with Gasteiger partial charge in [0.2, 0.25) is 0 Å². The quantitative estimate of drug-likeness (QED) is 0.394. The second kappa shape index (κ2) is 10.3. The zero-order valence-corrected chi connectivity index (χ0v) is 23.6. The van der Waals surface area contributed by atoms with Crippen LogP contribution >= 0.6 is 11.3 Å². The van der Waals surface area contributed by atoms with Gasteiger partial charge in [-0.1, -0.05) is 18.2 Å². The highest BCUT2D eigenvalue weighted by Gasteiger charge is 2.24. The molecule has 4 aromatic rings. The number of nitrogens with one attached hydrogen (secondary N) is 1. The Balaban J connectivity index is 1.36. The van der Waals surface area contributed by atoms with Gasteiger partial charge in [-0.15, -0.1) is 11.3 Å². The first-order valence-electron chi connectivity index (χ1n) is 13.4. The molecular formula is C29H33FN6O2S. The minimum atomic E-state index is -0.340. The number of fused-ring (bicyclic) bond motifs is 2. The van der Waals surface area contributed by atoms with Crippen LogP contribution in [-0.2, 0) is 24.8 Å². The van der Waals surface area contributed by atoms with Gasteiger partial charge in [0, 0.05) is 38.1 Å². The molecule has 1 fully saturated rings. The molecule has 0 bridgehead atoms. The van der Waals surface area contributed by atoms with Crippen molar-refractivity contribution >= 4 is 33.9 Å². The van der Waals surface area contributed by atoms with Crippen LogP contribution in [0.15, 0.2) is 35.1 Å². The summed E-state index contributed by atoms with van der Waals surface area (Å²) >= 11 is 1.48. The van der Waals surface area contributed by atoms with E-state index in [0.29, 0.717) is 54.2 Å². The maximum absolute atomic E-state index is 15.4. The van der Waals surface area contributed by atoms with E-state index in [1.54, 1.807) is 24.6 Å². The number of pyridine rings is 1. The number of benzene rings is 1. The fourth-order valence-corrected chi connectivity index (χ4v) is 6.68. The zero-order valence-electron chi connectivity index (χ0n) is 22.8. The third kappa shape index (κ3) is 4.81. The summed E-state index contributed by atoms with van der Waals surface area (Å²) in [7, 11) is 3.86. The Morgan fingerprint density at radius 3 is 2.72 bits per heavy atom. The number of hydrogen-bond donors (Lipinski definition) is 1. The summed E-state index contributed by atoms with van der Waals surface area (Å²) in [4.78, 5) is 28.4. The fraction of sp³-hybridized carbons (Fsp3) is 0.414. The Morgan fingerprint density at radius 1 is 1.13 bits per heavy atom. The number of aryl methyl sites for hydroxylation is 2. The highest BCUT2D eigenvalue weighted by Crippen LogP contribution is 2.39. The molecule has 1 atom stereocenters. The largest absolute Gasteiger partial charge is 0.378 e. The van der Waals surface area contributed by atoms with Gasteiger partial charge < -0.3 is 19.9 Å². The van der Waals surface area contributed by atoms with Crippen LogP contribution in [0.5, 0.6) is 0 Å². The first-order valence-corrected chi connectivity index (χ1v) is 14.2. The van der Waals surface area contributed by atoms with Crippen LogP contribution in [0.25, 0.3) is 21.5 Å². The Bertz CT molecular complexity index is 1610. The monoisotopic (exact) mass is 548 g/mol. The lowest BCUT2D eigenvalue weighted by atomic mass is 9.94. The van der Waals surface area contributed by atoms with E-state index in [-0.39, 0.29) is 17.4 Å². The van der Waals surface area contributed by atoms with E-state index in [0.717, 1.165) is 35.3 Å². The summed E-state index contributed by atoms with van der Waals surface area (Å²) in [6.07, 6.45) is 1.01. The molecule has 10 heteroatoms. The number of halogens is 1. The number of likely N-dealkylation sites (N-methyl/N-ethyl adjacent to an activating group) is 1. The second-order valence-electron chi connectivity index (χ2n) is 10.5. The Labute approximate surface area is 231 Å². The van der Waals surface area contributed by atoms with Crippen molar-refractivity contribution in [1.82, 2.24) is 19.4 Å². The summed E-state index contributed by atoms with van der Waals surface area (Å²) in [5.74, 6) is 0.898. The lowest BCUT2D eigenvalue weighted by Crippen LogP contribution is -2.40. The molecule has 0 saturated carbocycles. The number of hydrogen-bond acceptors (Lipinski definition) is 8. The van der Waals surface area contributed by atoms with Crippen LogP contribution in [-0.4, -0.2) is 59.3 Å². The first-order chi connectivity index (χ1) is 18.8. The van der Waals surface area contributed by atoms with Crippen LogP contribution in [0, 0.1) is 12.7 Å². The molecule has 0 spiro atoms. The molecule has 39 heavy (non-hydrogen) atoms. The van der Waals surface area contributed by atoms with Gasteiger partial charge in [0.15, 0.2) is 0 Å². The third-order valence-electron chi connectivity index (χ3n) is 7.70. The highest BCUT2D eigenvalue weighted by atomic mass is 32.1. The maximum Gasteiger partial charge on any atom is 0.275 e. The van der Waals surface area contributed by atoms with Crippen LogP contribution < -0.4 is 15.8 Å². The van der Waals surface area contributed by atoms with E-state index in [1.807, 2.05) is 17.9 Å². The predicted octanol–water partition coefficient (Wildman–Crippen LogP) is 4.50. The molecule has 5 heterocycles. The SMILES string of the molecule is Cc1nc(N[C@H](C)c2sc(-c3cccc4c3CN(C)CC4)cc2F)c2cc(N3CCOCC3)c(=O)n(C)c2n1. The van der Waals surface area contributed by atoms with E-state index in [2.05, 4.69) is 45.4 Å². The molecule has 0 aliphatic carbocycles. The second-order valence-corrected chi connectivity index (χ2v) is 11.6. The van der Waals surface area contributed by atoms with Crippen molar-refractivity contribution in [3.63, 3.8) is 0 Å². The van der Waals surface area contributed by atoms with Crippen LogP contribution in [0.3, 0.4) is 0 Å². The van der Waals surface area contributed by atoms with Gasteiger partial charge in [0.05, 0.1) is 29.5 Å². The van der Waals surface area contributed by atoms with Gasteiger partial charge in [0.25, 0.3) is 5.56 Å². The van der Waals surface area contributed by atoms with Crippen molar-refractivity contribution in [1.29, 1.82) is 0 Å². The van der Waals surface area contributed by atoms with Crippen molar-refractivity contribution in [2.45, 2.75) is 32.9 Å². The Kier molecular flexibility index (Phi) is 6.86. The lowest BCUT2D eigenvalue weighted by Gasteiger charge is -2.29. The summed E-state index contributed by atoms with van der Waals surface area (Å²) < 4.78 is 22.5. The van der Waals surface area contributed by atoms with Crippen LogP contribution in [0.1, 0.15) is 34.8 Å². The van der Waals surface area contributed by atoms with Crippen molar-refractivity contribution in [2.75, 3.05) is 50.1 Å². The molecule has 204 valence electrons. The minimum absolute atomic E-state index is 0.104. The predicted molar refractivity (Wildman–Crippen MR) is 154 cm³/mol. The molecule has 0 amide bonds. The molecule has 2 aliphatic heterocycles. The van der Waals surface area contributed by atoms with Gasteiger partial charge in [-0.25, -0.2) is 14.4 Å². The molecule has 3 aromatic heterocycles. The standard InChI is InChI=1S/C29H33FN6O2S/c1-17(26-23(30)15-25(39-26)20-7-5-6-19-8-9-34(3)16-22(19)20)31-27-21-14-24(36-10-12-38-13-11-36)29(37)35(4)28(21)33-18(2)32-27/h5-7,14-15,17H,8-13,16H2,1-4H3,(H,31,32,33)/t17-/m1/s1. The molecule has 1 saturated heterocycles. The number of aromatic nitrogens is 3. The Morgan fingerprint density at radius 2 is 1.92 bits per heavy atom. The van der Waals surface area contributed by atoms with E-state index in [4.69, 9.17) is 4.74 Å². The number of thiophene rings is 1. The molecule has 8 nitrogen and oxygen atoms in total. The van der Waals surface area contributed by atoms with Gasteiger partial charge in [-0.3, -0.25) is 9.36 Å².